The van der Waals surface area contributed by atoms with Crippen molar-refractivity contribution in [2.45, 2.75) is 46.5 Å². The van der Waals surface area contributed by atoms with Crippen LogP contribution in [0.5, 0.6) is 0 Å². The van der Waals surface area contributed by atoms with E-state index in [0.717, 1.165) is 18.4 Å². The average molecular weight is 335 g/mol. The van der Waals surface area contributed by atoms with Gasteiger partial charge in [0, 0.05) is 12.1 Å². The Morgan fingerprint density at radius 3 is 2.35 bits per heavy atom. The maximum Gasteiger partial charge on any atom is 0.233 e. The lowest BCUT2D eigenvalue weighted by Crippen LogP contribution is -2.43. The number of rotatable bonds is 5. The van der Waals surface area contributed by atoms with Gasteiger partial charge in [0.2, 0.25) is 10.0 Å². The minimum absolute atomic E-state index is 0.0993. The predicted molar refractivity (Wildman–Crippen MR) is 91.8 cm³/mol. The van der Waals surface area contributed by atoms with Crippen molar-refractivity contribution in [1.82, 2.24) is 0 Å². The summed E-state index contributed by atoms with van der Waals surface area (Å²) < 4.78 is 28.0. The molecule has 2 saturated carbocycles. The minimum atomic E-state index is -3.56. The van der Waals surface area contributed by atoms with Crippen molar-refractivity contribution in [3.8, 4) is 0 Å². The van der Waals surface area contributed by atoms with Crippen molar-refractivity contribution in [1.29, 1.82) is 0 Å². The Balaban J connectivity index is 1.82. The molecule has 2 aliphatic rings. The summed E-state index contributed by atoms with van der Waals surface area (Å²) in [4.78, 5) is 12.5. The second-order valence-electron chi connectivity index (χ2n) is 7.58. The number of carbonyl (C=O) groups excluding carboxylic acids is 1. The SMILES string of the molecule is CCc1ccc(NS(=O)(=O)C[C@@]23CC[C@H](CC2=O)C3(C)C)cc1. The van der Waals surface area contributed by atoms with Gasteiger partial charge >= 0.3 is 0 Å². The van der Waals surface area contributed by atoms with Crippen LogP contribution in [-0.2, 0) is 21.2 Å². The lowest BCUT2D eigenvalue weighted by atomic mass is 9.70. The highest BCUT2D eigenvalue weighted by molar-refractivity contribution is 7.92. The molecule has 2 atom stereocenters. The summed E-state index contributed by atoms with van der Waals surface area (Å²) in [5.74, 6) is 0.359. The van der Waals surface area contributed by atoms with E-state index >= 15 is 0 Å². The molecule has 0 heterocycles. The largest absolute Gasteiger partial charge is 0.299 e. The summed E-state index contributed by atoms with van der Waals surface area (Å²) in [5, 5.41) is 0. The molecule has 1 aromatic rings. The number of hydrogen-bond acceptors (Lipinski definition) is 3. The molecule has 0 spiro atoms. The second-order valence-corrected chi connectivity index (χ2v) is 9.30. The number of Topliss-reactive ketones (excluding diaryl/α,β-unsaturated/α-hetero) is 1. The van der Waals surface area contributed by atoms with Crippen LogP contribution >= 0.6 is 0 Å². The number of anilines is 1. The Labute approximate surface area is 138 Å². The summed E-state index contributed by atoms with van der Waals surface area (Å²) in [7, 11) is -3.56. The highest BCUT2D eigenvalue weighted by atomic mass is 32.2. The number of nitrogens with one attached hydrogen (secondary N) is 1. The van der Waals surface area contributed by atoms with Gasteiger partial charge < -0.3 is 0 Å². The van der Waals surface area contributed by atoms with Gasteiger partial charge in [-0.25, -0.2) is 8.42 Å². The van der Waals surface area contributed by atoms with E-state index in [4.69, 9.17) is 0 Å². The summed E-state index contributed by atoms with van der Waals surface area (Å²) in [6, 6.07) is 7.42. The molecule has 0 unspecified atom stereocenters. The summed E-state index contributed by atoms with van der Waals surface area (Å²) in [5.41, 5.74) is 0.784. The minimum Gasteiger partial charge on any atom is -0.299 e. The van der Waals surface area contributed by atoms with Crippen LogP contribution in [0.25, 0.3) is 0 Å². The fourth-order valence-corrected chi connectivity index (χ4v) is 6.35. The molecular formula is C18H25NO3S. The first-order valence-corrected chi connectivity index (χ1v) is 9.98. The summed E-state index contributed by atoms with van der Waals surface area (Å²) in [6.45, 7) is 6.17. The number of carbonyl (C=O) groups is 1. The lowest BCUT2D eigenvalue weighted by Gasteiger charge is -2.36. The van der Waals surface area contributed by atoms with E-state index in [1.807, 2.05) is 12.1 Å². The normalized spacial score (nSPS) is 29.0. The number of benzene rings is 1. The first-order chi connectivity index (χ1) is 10.7. The van der Waals surface area contributed by atoms with Gasteiger partial charge in [0.15, 0.2) is 0 Å². The molecule has 2 bridgehead atoms. The molecule has 4 nitrogen and oxygen atoms in total. The molecule has 23 heavy (non-hydrogen) atoms. The molecule has 2 aliphatic carbocycles. The first-order valence-electron chi connectivity index (χ1n) is 8.33. The first kappa shape index (κ1) is 16.5. The maximum atomic E-state index is 12.7. The molecule has 0 amide bonds. The van der Waals surface area contributed by atoms with E-state index in [1.165, 1.54) is 0 Å². The molecular weight excluding hydrogens is 310 g/mol. The van der Waals surface area contributed by atoms with Gasteiger partial charge in [-0.1, -0.05) is 32.9 Å². The van der Waals surface area contributed by atoms with Gasteiger partial charge in [0.25, 0.3) is 0 Å². The highest BCUT2D eigenvalue weighted by Crippen LogP contribution is 2.64. The van der Waals surface area contributed by atoms with Crippen LogP contribution in [0.1, 0.15) is 45.6 Å². The Bertz CT molecular complexity index is 721. The molecule has 0 radical (unpaired) electrons. The third-order valence-electron chi connectivity index (χ3n) is 6.21. The van der Waals surface area contributed by atoms with Gasteiger partial charge in [-0.3, -0.25) is 9.52 Å². The standard InChI is InChI=1S/C18H25NO3S/c1-4-13-5-7-15(8-6-13)19-23(21,22)12-18-10-9-14(11-16(18)20)17(18,2)3/h5-8,14,19H,4,9-12H2,1-3H3/t14-,18+/m1/s1. The van der Waals surface area contributed by atoms with E-state index < -0.39 is 15.4 Å². The van der Waals surface area contributed by atoms with Crippen molar-refractivity contribution in [3.05, 3.63) is 29.8 Å². The summed E-state index contributed by atoms with van der Waals surface area (Å²) in [6.07, 6.45) is 3.10. The van der Waals surface area contributed by atoms with Crippen LogP contribution in [-0.4, -0.2) is 20.0 Å². The van der Waals surface area contributed by atoms with Gasteiger partial charge in [-0.05, 0) is 48.3 Å². The Morgan fingerprint density at radius 1 is 1.22 bits per heavy atom. The number of aryl methyl sites for hydroxylation is 1. The smallest absolute Gasteiger partial charge is 0.233 e. The monoisotopic (exact) mass is 335 g/mol. The Kier molecular flexibility index (Phi) is 3.82. The van der Waals surface area contributed by atoms with Crippen molar-refractivity contribution in [3.63, 3.8) is 0 Å². The number of ketones is 1. The van der Waals surface area contributed by atoms with Crippen molar-refractivity contribution in [2.24, 2.45) is 16.7 Å². The predicted octanol–water partition coefficient (Wildman–Crippen LogP) is 3.39. The molecule has 2 fully saturated rings. The fourth-order valence-electron chi connectivity index (χ4n) is 4.46. The van der Waals surface area contributed by atoms with Crippen molar-refractivity contribution in [2.75, 3.05) is 10.5 Å². The van der Waals surface area contributed by atoms with E-state index in [0.29, 0.717) is 24.4 Å². The van der Waals surface area contributed by atoms with Crippen LogP contribution in [0.2, 0.25) is 0 Å². The average Bonchev–Trinajstić information content (AvgIpc) is 2.81. The topological polar surface area (TPSA) is 63.2 Å². The van der Waals surface area contributed by atoms with E-state index in [1.54, 1.807) is 12.1 Å². The second kappa shape index (κ2) is 5.33. The van der Waals surface area contributed by atoms with E-state index in [9.17, 15) is 13.2 Å². The molecule has 0 aromatic heterocycles. The zero-order valence-electron chi connectivity index (χ0n) is 14.1. The van der Waals surface area contributed by atoms with Crippen molar-refractivity contribution < 1.29 is 13.2 Å². The number of hydrogen-bond donors (Lipinski definition) is 1. The Hall–Kier alpha value is -1.36. The van der Waals surface area contributed by atoms with Gasteiger partial charge in [0.1, 0.15) is 5.78 Å². The van der Waals surface area contributed by atoms with Crippen LogP contribution in [0.4, 0.5) is 5.69 Å². The summed E-state index contributed by atoms with van der Waals surface area (Å²) >= 11 is 0. The van der Waals surface area contributed by atoms with Crippen molar-refractivity contribution >= 4 is 21.5 Å². The third kappa shape index (κ3) is 2.59. The molecule has 5 heteroatoms. The van der Waals surface area contributed by atoms with E-state index in [-0.39, 0.29) is 17.0 Å². The van der Waals surface area contributed by atoms with Crippen LogP contribution < -0.4 is 4.72 Å². The maximum absolute atomic E-state index is 12.7. The molecule has 3 rings (SSSR count). The zero-order chi connectivity index (χ0) is 16.9. The highest BCUT2D eigenvalue weighted by Gasteiger charge is 2.65. The third-order valence-corrected chi connectivity index (χ3v) is 7.63. The fraction of sp³-hybridized carbons (Fsp3) is 0.611. The van der Waals surface area contributed by atoms with Crippen LogP contribution in [0.15, 0.2) is 24.3 Å². The number of sulfonamides is 1. The van der Waals surface area contributed by atoms with E-state index in [2.05, 4.69) is 25.5 Å². The lowest BCUT2D eigenvalue weighted by molar-refractivity contribution is -0.128. The molecule has 126 valence electrons. The molecule has 0 saturated heterocycles. The Morgan fingerprint density at radius 2 is 1.87 bits per heavy atom. The van der Waals surface area contributed by atoms with Gasteiger partial charge in [-0.2, -0.15) is 0 Å². The number of fused-ring (bicyclic) bond motifs is 2. The quantitative estimate of drug-likeness (QED) is 0.897. The van der Waals surface area contributed by atoms with Crippen LogP contribution in [0, 0.1) is 16.7 Å². The van der Waals surface area contributed by atoms with Crippen LogP contribution in [0.3, 0.4) is 0 Å². The molecule has 0 aliphatic heterocycles. The van der Waals surface area contributed by atoms with Gasteiger partial charge in [-0.15, -0.1) is 0 Å². The zero-order valence-corrected chi connectivity index (χ0v) is 14.9. The van der Waals surface area contributed by atoms with Gasteiger partial charge in [0.05, 0.1) is 11.2 Å². The molecule has 1 N–H and O–H groups in total. The molecule has 1 aromatic carbocycles.